The van der Waals surface area contributed by atoms with E-state index in [0.717, 1.165) is 40.9 Å². The first-order valence-electron chi connectivity index (χ1n) is 6.65. The summed E-state index contributed by atoms with van der Waals surface area (Å²) in [5.74, 6) is -0.246. The van der Waals surface area contributed by atoms with Gasteiger partial charge in [0.15, 0.2) is 0 Å². The molecule has 1 heterocycles. The Bertz CT molecular complexity index is 587. The van der Waals surface area contributed by atoms with Gasteiger partial charge < -0.3 is 5.73 Å². The van der Waals surface area contributed by atoms with Crippen LogP contribution in [0.1, 0.15) is 30.8 Å². The van der Waals surface area contributed by atoms with Gasteiger partial charge >= 0.3 is 0 Å². The van der Waals surface area contributed by atoms with E-state index in [2.05, 4.69) is 18.9 Å². The van der Waals surface area contributed by atoms with E-state index in [1.807, 2.05) is 17.8 Å². The third-order valence-electron chi connectivity index (χ3n) is 3.46. The summed E-state index contributed by atoms with van der Waals surface area (Å²) in [4.78, 5) is 0. The van der Waals surface area contributed by atoms with Gasteiger partial charge in [0.1, 0.15) is 5.82 Å². The minimum absolute atomic E-state index is 0.246. The highest BCUT2D eigenvalue weighted by atomic mass is 19.1. The minimum atomic E-state index is -0.246. The van der Waals surface area contributed by atoms with Crippen LogP contribution in [0.5, 0.6) is 0 Å². The predicted octanol–water partition coefficient (Wildman–Crippen LogP) is 2.81. The standard InChI is InChI=1S/C15H20FN3/c1-4-13-15(14(5-2)19(3)18-13)12-7-6-11(16)8-10(12)9-17/h6-8H,4-5,9,17H2,1-3H3. The molecule has 0 spiro atoms. The number of aromatic nitrogens is 2. The second-order valence-electron chi connectivity index (χ2n) is 4.60. The molecule has 0 aliphatic heterocycles. The normalized spacial score (nSPS) is 11.0. The summed E-state index contributed by atoms with van der Waals surface area (Å²) >= 11 is 0. The highest BCUT2D eigenvalue weighted by Gasteiger charge is 2.17. The quantitative estimate of drug-likeness (QED) is 0.919. The third-order valence-corrected chi connectivity index (χ3v) is 3.46. The van der Waals surface area contributed by atoms with Crippen molar-refractivity contribution in [2.45, 2.75) is 33.2 Å². The van der Waals surface area contributed by atoms with Gasteiger partial charge in [-0.25, -0.2) is 4.39 Å². The average molecular weight is 261 g/mol. The summed E-state index contributed by atoms with van der Waals surface area (Å²) in [7, 11) is 1.95. The number of hydrogen-bond acceptors (Lipinski definition) is 2. The first-order chi connectivity index (χ1) is 9.12. The Labute approximate surface area is 113 Å². The lowest BCUT2D eigenvalue weighted by Crippen LogP contribution is -2.02. The molecular weight excluding hydrogens is 241 g/mol. The van der Waals surface area contributed by atoms with Crippen LogP contribution < -0.4 is 5.73 Å². The molecule has 2 rings (SSSR count). The molecule has 0 radical (unpaired) electrons. The largest absolute Gasteiger partial charge is 0.326 e. The number of halogens is 1. The van der Waals surface area contributed by atoms with E-state index in [9.17, 15) is 4.39 Å². The van der Waals surface area contributed by atoms with Crippen molar-refractivity contribution in [1.29, 1.82) is 0 Å². The highest BCUT2D eigenvalue weighted by Crippen LogP contribution is 2.31. The van der Waals surface area contributed by atoms with Gasteiger partial charge in [-0.05, 0) is 36.1 Å². The van der Waals surface area contributed by atoms with Crippen LogP contribution >= 0.6 is 0 Å². The number of nitrogens with zero attached hydrogens (tertiary/aromatic N) is 2. The molecule has 1 aromatic heterocycles. The van der Waals surface area contributed by atoms with E-state index in [1.54, 1.807) is 0 Å². The van der Waals surface area contributed by atoms with E-state index in [1.165, 1.54) is 12.1 Å². The maximum Gasteiger partial charge on any atom is 0.123 e. The Morgan fingerprint density at radius 2 is 2.00 bits per heavy atom. The summed E-state index contributed by atoms with van der Waals surface area (Å²) in [6.45, 7) is 4.51. The summed E-state index contributed by atoms with van der Waals surface area (Å²) in [6, 6.07) is 4.81. The van der Waals surface area contributed by atoms with Gasteiger partial charge in [-0.2, -0.15) is 5.10 Å². The monoisotopic (exact) mass is 261 g/mol. The summed E-state index contributed by atoms with van der Waals surface area (Å²) in [5, 5.41) is 4.56. The van der Waals surface area contributed by atoms with Crippen molar-refractivity contribution in [1.82, 2.24) is 9.78 Å². The van der Waals surface area contributed by atoms with Gasteiger partial charge in [0.05, 0.1) is 5.69 Å². The molecule has 0 fully saturated rings. The molecule has 4 heteroatoms. The molecule has 0 saturated carbocycles. The van der Waals surface area contributed by atoms with Gasteiger partial charge in [-0.1, -0.05) is 19.9 Å². The molecule has 102 valence electrons. The third kappa shape index (κ3) is 2.40. The van der Waals surface area contributed by atoms with Crippen LogP contribution in [0.25, 0.3) is 11.1 Å². The molecule has 2 aromatic rings. The highest BCUT2D eigenvalue weighted by molar-refractivity contribution is 5.72. The van der Waals surface area contributed by atoms with E-state index < -0.39 is 0 Å². The molecule has 0 bridgehead atoms. The lowest BCUT2D eigenvalue weighted by atomic mass is 9.95. The Kier molecular flexibility index (Phi) is 4.00. The molecule has 0 unspecified atom stereocenters. The molecule has 0 aliphatic rings. The number of benzene rings is 1. The van der Waals surface area contributed by atoms with Crippen LogP contribution in [0, 0.1) is 5.82 Å². The number of hydrogen-bond donors (Lipinski definition) is 1. The van der Waals surface area contributed by atoms with Crippen molar-refractivity contribution in [3.8, 4) is 11.1 Å². The van der Waals surface area contributed by atoms with Gasteiger partial charge in [-0.3, -0.25) is 4.68 Å². The van der Waals surface area contributed by atoms with E-state index in [-0.39, 0.29) is 5.82 Å². The zero-order valence-electron chi connectivity index (χ0n) is 11.7. The molecular formula is C15H20FN3. The first-order valence-corrected chi connectivity index (χ1v) is 6.65. The Morgan fingerprint density at radius 1 is 1.26 bits per heavy atom. The summed E-state index contributed by atoms with van der Waals surface area (Å²) < 4.78 is 15.3. The second-order valence-corrected chi connectivity index (χ2v) is 4.60. The number of nitrogens with two attached hydrogens (primary N) is 1. The zero-order valence-corrected chi connectivity index (χ0v) is 11.7. The fourth-order valence-corrected chi connectivity index (χ4v) is 2.56. The topological polar surface area (TPSA) is 43.8 Å². The zero-order chi connectivity index (χ0) is 14.0. The Hall–Kier alpha value is -1.68. The predicted molar refractivity (Wildman–Crippen MR) is 75.2 cm³/mol. The van der Waals surface area contributed by atoms with Crippen molar-refractivity contribution in [2.24, 2.45) is 12.8 Å². The van der Waals surface area contributed by atoms with Gasteiger partial charge in [-0.15, -0.1) is 0 Å². The SMILES string of the molecule is CCc1nn(C)c(CC)c1-c1ccc(F)cc1CN. The van der Waals surface area contributed by atoms with Crippen LogP contribution in [0.2, 0.25) is 0 Å². The molecule has 0 aliphatic carbocycles. The Balaban J connectivity index is 2.70. The maximum atomic E-state index is 13.3. The number of aryl methyl sites for hydroxylation is 2. The summed E-state index contributed by atoms with van der Waals surface area (Å²) in [5.41, 5.74) is 10.9. The van der Waals surface area contributed by atoms with E-state index >= 15 is 0 Å². The van der Waals surface area contributed by atoms with Crippen molar-refractivity contribution in [3.05, 3.63) is 41.0 Å². The molecule has 3 nitrogen and oxygen atoms in total. The molecule has 0 saturated heterocycles. The van der Waals surface area contributed by atoms with Crippen molar-refractivity contribution >= 4 is 0 Å². The van der Waals surface area contributed by atoms with Gasteiger partial charge in [0, 0.05) is 24.8 Å². The summed E-state index contributed by atoms with van der Waals surface area (Å²) in [6.07, 6.45) is 1.74. The van der Waals surface area contributed by atoms with Crippen LogP contribution in [0.4, 0.5) is 4.39 Å². The van der Waals surface area contributed by atoms with Crippen LogP contribution in [-0.4, -0.2) is 9.78 Å². The fraction of sp³-hybridized carbons (Fsp3) is 0.400. The van der Waals surface area contributed by atoms with Crippen LogP contribution in [0.15, 0.2) is 18.2 Å². The molecule has 19 heavy (non-hydrogen) atoms. The minimum Gasteiger partial charge on any atom is -0.326 e. The Morgan fingerprint density at radius 3 is 2.58 bits per heavy atom. The van der Waals surface area contributed by atoms with E-state index in [4.69, 9.17) is 5.73 Å². The second kappa shape index (κ2) is 5.53. The molecule has 2 N–H and O–H groups in total. The smallest absolute Gasteiger partial charge is 0.123 e. The van der Waals surface area contributed by atoms with Crippen molar-refractivity contribution in [2.75, 3.05) is 0 Å². The van der Waals surface area contributed by atoms with Crippen molar-refractivity contribution in [3.63, 3.8) is 0 Å². The number of rotatable bonds is 4. The molecule has 1 aromatic carbocycles. The lowest BCUT2D eigenvalue weighted by Gasteiger charge is -2.10. The fourth-order valence-electron chi connectivity index (χ4n) is 2.56. The lowest BCUT2D eigenvalue weighted by molar-refractivity contribution is 0.625. The molecule has 0 atom stereocenters. The van der Waals surface area contributed by atoms with Gasteiger partial charge in [0.2, 0.25) is 0 Å². The van der Waals surface area contributed by atoms with Gasteiger partial charge in [0.25, 0.3) is 0 Å². The van der Waals surface area contributed by atoms with E-state index in [0.29, 0.717) is 6.54 Å². The molecule has 0 amide bonds. The maximum absolute atomic E-state index is 13.3. The van der Waals surface area contributed by atoms with Crippen molar-refractivity contribution < 1.29 is 4.39 Å². The first kappa shape index (κ1) is 13.7. The van der Waals surface area contributed by atoms with Crippen LogP contribution in [-0.2, 0) is 26.4 Å². The average Bonchev–Trinajstić information content (AvgIpc) is 2.74. The van der Waals surface area contributed by atoms with Crippen LogP contribution in [0.3, 0.4) is 0 Å².